The van der Waals surface area contributed by atoms with E-state index in [1.54, 1.807) is 47.1 Å². The van der Waals surface area contributed by atoms with Gasteiger partial charge in [-0.1, -0.05) is 96.7 Å². The molecule has 68 heavy (non-hydrogen) atoms. The summed E-state index contributed by atoms with van der Waals surface area (Å²) in [6.45, 7) is 8.68. The molecule has 0 saturated carbocycles. The van der Waals surface area contributed by atoms with Crippen molar-refractivity contribution in [2.24, 2.45) is 5.73 Å². The number of sulfonamides is 1. The van der Waals surface area contributed by atoms with E-state index in [2.05, 4.69) is 9.62 Å². The predicted molar refractivity (Wildman–Crippen MR) is 264 cm³/mol. The van der Waals surface area contributed by atoms with Crippen LogP contribution in [0.1, 0.15) is 73.4 Å². The molecule has 3 N–H and O–H groups in total. The Kier molecular flexibility index (Phi) is 15.4. The molecule has 1 fully saturated rings. The molecule has 3 amide bonds. The molecule has 0 radical (unpaired) electrons. The zero-order chi connectivity index (χ0) is 48.1. The molecule has 2 aliphatic rings. The van der Waals surface area contributed by atoms with E-state index in [-0.39, 0.29) is 52.1 Å². The van der Waals surface area contributed by atoms with Gasteiger partial charge in [-0.2, -0.15) is 5.10 Å². The fourth-order valence-electron chi connectivity index (χ4n) is 8.55. The summed E-state index contributed by atoms with van der Waals surface area (Å²) >= 11 is 19.5. The van der Waals surface area contributed by atoms with Crippen LogP contribution in [0.3, 0.4) is 0 Å². The van der Waals surface area contributed by atoms with Crippen LogP contribution in [0.15, 0.2) is 102 Å². The number of carbonyl (C=O) groups is 3. The van der Waals surface area contributed by atoms with Crippen LogP contribution in [-0.2, 0) is 34.3 Å². The number of carbonyl (C=O) groups excluding carboxylic acids is 3. The van der Waals surface area contributed by atoms with Gasteiger partial charge in [0.25, 0.3) is 27.7 Å². The molecular formula is C50H52Cl3N7O7S. The number of unbranched alkanes of at least 4 members (excludes halogenated alkanes) is 1. The number of halogens is 3. The molecule has 1 saturated heterocycles. The highest BCUT2D eigenvalue weighted by atomic mass is 35.5. The number of hydrogen-bond acceptors (Lipinski definition) is 10. The van der Waals surface area contributed by atoms with Crippen molar-refractivity contribution in [1.29, 1.82) is 0 Å². The highest BCUT2D eigenvalue weighted by Gasteiger charge is 2.33. The van der Waals surface area contributed by atoms with E-state index in [1.807, 2.05) is 43.3 Å². The van der Waals surface area contributed by atoms with Crippen molar-refractivity contribution in [3.05, 3.63) is 151 Å². The van der Waals surface area contributed by atoms with Crippen LogP contribution < -0.4 is 15.2 Å². The van der Waals surface area contributed by atoms with Crippen molar-refractivity contribution in [3.63, 3.8) is 0 Å². The molecule has 2 aliphatic heterocycles. The first kappa shape index (κ1) is 48.9. The molecule has 6 aromatic rings. The molecule has 5 aromatic carbocycles. The average Bonchev–Trinajstić information content (AvgIpc) is 3.65. The molecule has 0 bridgehead atoms. The van der Waals surface area contributed by atoms with Gasteiger partial charge < -0.3 is 25.0 Å². The first-order chi connectivity index (χ1) is 32.8. The Bertz CT molecular complexity index is 2980. The minimum Gasteiger partial charge on any atom is -0.492 e. The second-order valence-corrected chi connectivity index (χ2v) is 19.8. The second kappa shape index (κ2) is 21.4. The number of nitrogens with zero attached hydrogens (tertiary/aromatic N) is 5. The maximum Gasteiger partial charge on any atom is 0.276 e. The van der Waals surface area contributed by atoms with Gasteiger partial charge in [0.2, 0.25) is 0 Å². The minimum atomic E-state index is -4.46. The van der Waals surface area contributed by atoms with Crippen molar-refractivity contribution in [3.8, 4) is 11.4 Å². The van der Waals surface area contributed by atoms with Gasteiger partial charge in [-0.3, -0.25) is 19.3 Å². The van der Waals surface area contributed by atoms with Crippen LogP contribution in [0.2, 0.25) is 15.1 Å². The van der Waals surface area contributed by atoms with Crippen LogP contribution in [-0.4, -0.2) is 109 Å². The lowest BCUT2D eigenvalue weighted by molar-refractivity contribution is 0.0323. The van der Waals surface area contributed by atoms with E-state index in [4.69, 9.17) is 55.1 Å². The fourth-order valence-corrected chi connectivity index (χ4v) is 10.1. The van der Waals surface area contributed by atoms with Gasteiger partial charge in [-0.25, -0.2) is 17.8 Å². The first-order valence-electron chi connectivity index (χ1n) is 22.5. The van der Waals surface area contributed by atoms with Gasteiger partial charge in [-0.15, -0.1) is 0 Å². The minimum absolute atomic E-state index is 0.0114. The summed E-state index contributed by atoms with van der Waals surface area (Å²) in [7, 11) is -4.46. The van der Waals surface area contributed by atoms with Crippen LogP contribution in [0.4, 0.5) is 0 Å². The van der Waals surface area contributed by atoms with Crippen molar-refractivity contribution >= 4 is 73.3 Å². The summed E-state index contributed by atoms with van der Waals surface area (Å²) in [4.78, 5) is 48.9. The summed E-state index contributed by atoms with van der Waals surface area (Å²) in [5, 5.41) is 6.87. The second-order valence-electron chi connectivity index (χ2n) is 16.9. The SMILES string of the molecule is CCCCN(Cc1ccc(Cl)c(Cl)c1)C(=O)c1nn(-c2ccc(C(=O)NS(=O)(=O)c3ccc4cccc(OCCN5CCOCC5)c4c3)cc2C(=O)N2Cc3ccccc3C[C@H]2CN)c(C)c1Cl. The number of aromatic nitrogens is 2. The number of fused-ring (bicyclic) bond motifs is 2. The average molecular weight is 1000 g/mol. The van der Waals surface area contributed by atoms with Crippen molar-refractivity contribution in [2.75, 3.05) is 52.5 Å². The Morgan fingerprint density at radius 1 is 0.926 bits per heavy atom. The lowest BCUT2D eigenvalue weighted by Gasteiger charge is -2.36. The zero-order valence-corrected chi connectivity index (χ0v) is 40.8. The van der Waals surface area contributed by atoms with Gasteiger partial charge in [0.05, 0.1) is 50.1 Å². The van der Waals surface area contributed by atoms with Crippen molar-refractivity contribution in [1.82, 2.24) is 29.2 Å². The van der Waals surface area contributed by atoms with E-state index in [0.29, 0.717) is 72.6 Å². The number of benzene rings is 5. The number of morpholine rings is 1. The summed E-state index contributed by atoms with van der Waals surface area (Å²) < 4.78 is 43.2. The maximum atomic E-state index is 15.0. The van der Waals surface area contributed by atoms with Crippen LogP contribution >= 0.6 is 34.8 Å². The third-order valence-electron chi connectivity index (χ3n) is 12.4. The Morgan fingerprint density at radius 3 is 2.46 bits per heavy atom. The van der Waals surface area contributed by atoms with Crippen molar-refractivity contribution in [2.45, 2.75) is 57.1 Å². The normalized spacial score (nSPS) is 15.3. The van der Waals surface area contributed by atoms with E-state index >= 15 is 4.79 Å². The predicted octanol–water partition coefficient (Wildman–Crippen LogP) is 8.09. The van der Waals surface area contributed by atoms with E-state index in [9.17, 15) is 18.0 Å². The number of nitrogens with two attached hydrogens (primary N) is 1. The summed E-state index contributed by atoms with van der Waals surface area (Å²) in [6.07, 6.45) is 2.02. The number of hydrogen-bond donors (Lipinski definition) is 2. The van der Waals surface area contributed by atoms with Gasteiger partial charge >= 0.3 is 0 Å². The Labute approximate surface area is 410 Å². The Morgan fingerprint density at radius 2 is 1.71 bits per heavy atom. The van der Waals surface area contributed by atoms with Gasteiger partial charge in [0, 0.05) is 62.8 Å². The molecule has 3 heterocycles. The zero-order valence-electron chi connectivity index (χ0n) is 37.7. The van der Waals surface area contributed by atoms with Gasteiger partial charge in [0.1, 0.15) is 12.4 Å². The Hall–Kier alpha value is -5.52. The van der Waals surface area contributed by atoms with Gasteiger partial charge in [0.15, 0.2) is 5.69 Å². The monoisotopic (exact) mass is 999 g/mol. The summed E-state index contributed by atoms with van der Waals surface area (Å²) in [5.41, 5.74) is 9.48. The molecule has 0 spiro atoms. The molecule has 1 aromatic heterocycles. The highest BCUT2D eigenvalue weighted by Crippen LogP contribution is 2.32. The van der Waals surface area contributed by atoms with Crippen LogP contribution in [0, 0.1) is 6.92 Å². The summed E-state index contributed by atoms with van der Waals surface area (Å²) in [5.74, 6) is -1.39. The Balaban J connectivity index is 1.12. The molecule has 14 nitrogen and oxygen atoms in total. The molecule has 0 aliphatic carbocycles. The smallest absolute Gasteiger partial charge is 0.276 e. The molecule has 18 heteroatoms. The highest BCUT2D eigenvalue weighted by molar-refractivity contribution is 7.90. The lowest BCUT2D eigenvalue weighted by Crippen LogP contribution is -2.48. The quantitative estimate of drug-likeness (QED) is 0.0967. The van der Waals surface area contributed by atoms with Crippen LogP contribution in [0.25, 0.3) is 16.5 Å². The molecule has 356 valence electrons. The third-order valence-corrected chi connectivity index (χ3v) is 14.9. The molecule has 8 rings (SSSR count). The van der Waals surface area contributed by atoms with Gasteiger partial charge in [-0.05, 0) is 90.4 Å². The largest absolute Gasteiger partial charge is 0.492 e. The summed E-state index contributed by atoms with van der Waals surface area (Å²) in [6, 6.07) is 26.8. The van der Waals surface area contributed by atoms with E-state index in [1.165, 1.54) is 35.0 Å². The molecule has 1 atom stereocenters. The molecular weight excluding hydrogens is 949 g/mol. The lowest BCUT2D eigenvalue weighted by atomic mass is 9.93. The third kappa shape index (κ3) is 10.7. The number of rotatable bonds is 16. The van der Waals surface area contributed by atoms with E-state index < -0.39 is 33.8 Å². The van der Waals surface area contributed by atoms with E-state index in [0.717, 1.165) is 41.6 Å². The first-order valence-corrected chi connectivity index (χ1v) is 25.1. The fraction of sp³-hybridized carbons (Fsp3) is 0.320. The number of ether oxygens (including phenoxy) is 2. The van der Waals surface area contributed by atoms with Crippen molar-refractivity contribution < 1.29 is 32.3 Å². The molecule has 0 unspecified atom stereocenters. The van der Waals surface area contributed by atoms with Crippen LogP contribution in [0.5, 0.6) is 5.75 Å². The number of nitrogens with one attached hydrogen (secondary N) is 1. The maximum absolute atomic E-state index is 15.0. The number of amides is 3. The standard InChI is InChI=1S/C50H52Cl3N7O7S/c1-3-4-18-58(30-33-12-16-42(51)43(52)25-33)50(63)47-46(53)32(2)60(55-47)44-17-14-36(27-41(44)49(62)59-31-37-9-6-5-8-35(37)26-38(59)29-54)48(61)56-68(64,65)39-15-13-34-10-7-11-45(40(34)28-39)67-24-21-57-19-22-66-23-20-57/h5-17,25,27-28,38H,3-4,18-24,26,29-31,54H2,1-2H3,(H,56,61)/t38-/m0/s1. The topological polar surface area (TPSA) is 169 Å².